The van der Waals surface area contributed by atoms with Crippen LogP contribution in [0.15, 0.2) is 6.07 Å². The second-order valence-electron chi connectivity index (χ2n) is 8.11. The molecule has 0 aliphatic carbocycles. The molecule has 0 amide bonds. The molecular formula is C21H31NO2. The van der Waals surface area contributed by atoms with Crippen LogP contribution in [0.1, 0.15) is 55.5 Å². The van der Waals surface area contributed by atoms with Crippen molar-refractivity contribution < 1.29 is 9.53 Å². The van der Waals surface area contributed by atoms with Gasteiger partial charge in [0.05, 0.1) is 7.11 Å². The number of Topliss-reactive ketones (excluding diaryl/α,β-unsaturated/α-hetero) is 1. The van der Waals surface area contributed by atoms with E-state index >= 15 is 0 Å². The van der Waals surface area contributed by atoms with Crippen LogP contribution in [0.4, 0.5) is 0 Å². The smallest absolute Gasteiger partial charge is 0.141 e. The van der Waals surface area contributed by atoms with Crippen LogP contribution in [0.2, 0.25) is 0 Å². The van der Waals surface area contributed by atoms with Gasteiger partial charge in [0, 0.05) is 31.0 Å². The predicted octanol–water partition coefficient (Wildman–Crippen LogP) is 4.09. The molecule has 2 aliphatic heterocycles. The Kier molecular flexibility index (Phi) is 4.74. The van der Waals surface area contributed by atoms with E-state index in [1.165, 1.54) is 22.3 Å². The number of benzene rings is 1. The minimum atomic E-state index is 0.0769. The molecule has 0 bridgehead atoms. The maximum atomic E-state index is 13.0. The van der Waals surface area contributed by atoms with E-state index in [-0.39, 0.29) is 17.9 Å². The lowest BCUT2D eigenvalue weighted by molar-refractivity contribution is -0.135. The van der Waals surface area contributed by atoms with E-state index in [0.717, 1.165) is 31.7 Å². The zero-order valence-corrected chi connectivity index (χ0v) is 16.0. The lowest BCUT2D eigenvalue weighted by Gasteiger charge is -2.47. The van der Waals surface area contributed by atoms with Crippen molar-refractivity contribution in [2.45, 2.75) is 53.5 Å². The van der Waals surface area contributed by atoms with E-state index in [9.17, 15) is 4.79 Å². The number of hydrogen-bond acceptors (Lipinski definition) is 3. The van der Waals surface area contributed by atoms with Gasteiger partial charge >= 0.3 is 0 Å². The van der Waals surface area contributed by atoms with Gasteiger partial charge in [-0.25, -0.2) is 0 Å². The number of nitrogens with zero attached hydrogens (tertiary/aromatic N) is 1. The molecule has 0 N–H and O–H groups in total. The van der Waals surface area contributed by atoms with Gasteiger partial charge in [-0.15, -0.1) is 0 Å². The number of ether oxygens (including phenoxy) is 1. The van der Waals surface area contributed by atoms with Crippen LogP contribution >= 0.6 is 0 Å². The summed E-state index contributed by atoms with van der Waals surface area (Å²) in [6.45, 7) is 12.9. The quantitative estimate of drug-likeness (QED) is 0.836. The fraction of sp³-hybridized carbons (Fsp3) is 0.667. The zero-order chi connectivity index (χ0) is 17.6. The Hall–Kier alpha value is -1.35. The van der Waals surface area contributed by atoms with E-state index in [1.807, 2.05) is 0 Å². The van der Waals surface area contributed by atoms with Gasteiger partial charge in [0.25, 0.3) is 0 Å². The molecule has 2 aliphatic rings. The molecule has 1 aromatic carbocycles. The summed E-state index contributed by atoms with van der Waals surface area (Å²) in [6, 6.07) is 2.45. The van der Waals surface area contributed by atoms with Crippen molar-refractivity contribution in [1.29, 1.82) is 0 Å². The van der Waals surface area contributed by atoms with Gasteiger partial charge in [-0.1, -0.05) is 20.8 Å². The molecule has 1 saturated heterocycles. The maximum Gasteiger partial charge on any atom is 0.141 e. The van der Waals surface area contributed by atoms with Crippen LogP contribution in [-0.4, -0.2) is 30.9 Å². The molecule has 3 atom stereocenters. The van der Waals surface area contributed by atoms with Gasteiger partial charge in [0.2, 0.25) is 0 Å². The minimum absolute atomic E-state index is 0.0769. The number of ketones is 1. The molecule has 1 fully saturated rings. The highest BCUT2D eigenvalue weighted by Gasteiger charge is 2.44. The third kappa shape index (κ3) is 2.77. The number of fused-ring (bicyclic) bond motifs is 3. The Bertz CT molecular complexity index is 650. The summed E-state index contributed by atoms with van der Waals surface area (Å²) in [7, 11) is 1.74. The van der Waals surface area contributed by atoms with Gasteiger partial charge in [0.1, 0.15) is 11.5 Å². The van der Waals surface area contributed by atoms with Gasteiger partial charge < -0.3 is 4.74 Å². The van der Waals surface area contributed by atoms with Crippen LogP contribution in [0.5, 0.6) is 5.75 Å². The summed E-state index contributed by atoms with van der Waals surface area (Å²) in [5.41, 5.74) is 5.28. The number of carbonyl (C=O) groups is 1. The van der Waals surface area contributed by atoms with Crippen molar-refractivity contribution in [3.8, 4) is 5.75 Å². The van der Waals surface area contributed by atoms with Crippen molar-refractivity contribution in [3.63, 3.8) is 0 Å². The normalized spacial score (nSPS) is 27.1. The zero-order valence-electron chi connectivity index (χ0n) is 16.0. The Morgan fingerprint density at radius 3 is 2.62 bits per heavy atom. The molecule has 2 heterocycles. The molecule has 1 aromatic rings. The van der Waals surface area contributed by atoms with Gasteiger partial charge in [-0.05, 0) is 60.9 Å². The highest BCUT2D eigenvalue weighted by molar-refractivity contribution is 5.85. The summed E-state index contributed by atoms with van der Waals surface area (Å²) in [6.07, 6.45) is 2.07. The molecule has 3 nitrogen and oxygen atoms in total. The molecular weight excluding hydrogens is 298 g/mol. The fourth-order valence-corrected chi connectivity index (χ4v) is 4.82. The van der Waals surface area contributed by atoms with Crippen molar-refractivity contribution >= 4 is 5.78 Å². The van der Waals surface area contributed by atoms with Gasteiger partial charge in [-0.3, -0.25) is 9.69 Å². The SMILES string of the molecule is COc1cc2c(c(C)c1C)C1C(C)C(=O)C(CC(C)C)CN1CC2. The van der Waals surface area contributed by atoms with Crippen molar-refractivity contribution in [1.82, 2.24) is 4.90 Å². The van der Waals surface area contributed by atoms with Crippen LogP contribution in [-0.2, 0) is 11.2 Å². The Labute approximate surface area is 146 Å². The number of rotatable bonds is 3. The first kappa shape index (κ1) is 17.5. The highest BCUT2D eigenvalue weighted by atomic mass is 16.5. The van der Waals surface area contributed by atoms with Gasteiger partial charge in [0.15, 0.2) is 0 Å². The van der Waals surface area contributed by atoms with Crippen molar-refractivity contribution in [2.24, 2.45) is 17.8 Å². The van der Waals surface area contributed by atoms with E-state index in [1.54, 1.807) is 7.11 Å². The molecule has 0 radical (unpaired) electrons. The van der Waals surface area contributed by atoms with E-state index in [4.69, 9.17) is 4.74 Å². The van der Waals surface area contributed by atoms with E-state index in [0.29, 0.717) is 11.7 Å². The molecule has 24 heavy (non-hydrogen) atoms. The summed E-state index contributed by atoms with van der Waals surface area (Å²) in [4.78, 5) is 15.6. The second kappa shape index (κ2) is 6.51. The highest BCUT2D eigenvalue weighted by Crippen LogP contribution is 2.45. The number of methoxy groups -OCH3 is 1. The monoisotopic (exact) mass is 329 g/mol. The van der Waals surface area contributed by atoms with Crippen LogP contribution in [0, 0.1) is 31.6 Å². The first-order chi connectivity index (χ1) is 11.3. The molecule has 3 heteroatoms. The molecule has 0 saturated carbocycles. The molecule has 3 unspecified atom stereocenters. The van der Waals surface area contributed by atoms with Crippen molar-refractivity contribution in [2.75, 3.05) is 20.2 Å². The number of piperidine rings is 1. The van der Waals surface area contributed by atoms with Crippen LogP contribution < -0.4 is 4.74 Å². The largest absolute Gasteiger partial charge is 0.496 e. The standard InChI is InChI=1S/C21H31NO2/c1-12(2)9-17-11-22-8-7-16-10-18(24-6)13(3)14(4)19(16)20(22)15(5)21(17)23/h10,12,15,17,20H,7-9,11H2,1-6H3. The maximum absolute atomic E-state index is 13.0. The predicted molar refractivity (Wildman–Crippen MR) is 97.6 cm³/mol. The van der Waals surface area contributed by atoms with Gasteiger partial charge in [-0.2, -0.15) is 0 Å². The molecule has 0 aromatic heterocycles. The summed E-state index contributed by atoms with van der Waals surface area (Å²) in [5, 5.41) is 0. The average Bonchev–Trinajstić information content (AvgIpc) is 2.54. The van der Waals surface area contributed by atoms with E-state index in [2.05, 4.69) is 45.6 Å². The summed E-state index contributed by atoms with van der Waals surface area (Å²) in [5.74, 6) is 2.30. The first-order valence-corrected chi connectivity index (χ1v) is 9.29. The summed E-state index contributed by atoms with van der Waals surface area (Å²) >= 11 is 0. The van der Waals surface area contributed by atoms with E-state index < -0.39 is 0 Å². The second-order valence-corrected chi connectivity index (χ2v) is 8.11. The minimum Gasteiger partial charge on any atom is -0.496 e. The van der Waals surface area contributed by atoms with Crippen molar-refractivity contribution in [3.05, 3.63) is 28.3 Å². The number of carbonyl (C=O) groups excluding carboxylic acids is 1. The Morgan fingerprint density at radius 2 is 2.00 bits per heavy atom. The Morgan fingerprint density at radius 1 is 1.29 bits per heavy atom. The van der Waals surface area contributed by atoms with Crippen LogP contribution in [0.25, 0.3) is 0 Å². The molecule has 3 rings (SSSR count). The average molecular weight is 329 g/mol. The fourth-order valence-electron chi connectivity index (χ4n) is 4.82. The Balaban J connectivity index is 2.01. The van der Waals surface area contributed by atoms with Crippen LogP contribution in [0.3, 0.4) is 0 Å². The third-order valence-corrected chi connectivity index (χ3v) is 6.10. The molecule has 0 spiro atoms. The number of hydrogen-bond donors (Lipinski definition) is 0. The lowest BCUT2D eigenvalue weighted by atomic mass is 9.73. The first-order valence-electron chi connectivity index (χ1n) is 9.29. The molecule has 132 valence electrons. The third-order valence-electron chi connectivity index (χ3n) is 6.10. The lowest BCUT2D eigenvalue weighted by Crippen LogP contribution is -2.51. The summed E-state index contributed by atoms with van der Waals surface area (Å²) < 4.78 is 5.56. The topological polar surface area (TPSA) is 29.5 Å².